The van der Waals surface area contributed by atoms with Crippen LogP contribution in [0.15, 0.2) is 16.0 Å². The van der Waals surface area contributed by atoms with Gasteiger partial charge in [-0.1, -0.05) is 17.2 Å². The molecule has 0 aliphatic carbocycles. The maximum absolute atomic E-state index is 11.7. The number of oxime groups is 1. The molecule has 0 spiro atoms. The molecule has 0 fully saturated rings. The number of amidine groups is 1. The zero-order valence-corrected chi connectivity index (χ0v) is 9.46. The number of carbonyl (C=O) groups is 1. The minimum Gasteiger partial charge on any atom is -0.409 e. The van der Waals surface area contributed by atoms with Crippen molar-refractivity contribution >= 4 is 11.7 Å². The van der Waals surface area contributed by atoms with Crippen molar-refractivity contribution in [1.82, 2.24) is 15.5 Å². The summed E-state index contributed by atoms with van der Waals surface area (Å²) in [4.78, 5) is 15.5. The van der Waals surface area contributed by atoms with E-state index in [9.17, 15) is 4.79 Å². The van der Waals surface area contributed by atoms with E-state index in [4.69, 9.17) is 15.5 Å². The van der Waals surface area contributed by atoms with Gasteiger partial charge in [-0.05, 0) is 6.42 Å². The number of aromatic nitrogens is 2. The van der Waals surface area contributed by atoms with Gasteiger partial charge in [0.1, 0.15) is 0 Å². The second-order valence-corrected chi connectivity index (χ2v) is 3.36. The molecule has 0 radical (unpaired) electrons. The number of nitrogens with two attached hydrogens (primary N) is 1. The van der Waals surface area contributed by atoms with Crippen molar-refractivity contribution in [2.45, 2.75) is 19.8 Å². The first kappa shape index (κ1) is 12.9. The minimum absolute atomic E-state index is 0.0946. The summed E-state index contributed by atoms with van der Waals surface area (Å²) in [6.07, 6.45) is 2.20. The van der Waals surface area contributed by atoms with Crippen molar-refractivity contribution in [3.8, 4) is 0 Å². The van der Waals surface area contributed by atoms with Crippen molar-refractivity contribution in [2.75, 3.05) is 6.54 Å². The molecule has 0 bridgehead atoms. The predicted molar refractivity (Wildman–Crippen MR) is 58.2 cm³/mol. The van der Waals surface area contributed by atoms with E-state index in [0.717, 1.165) is 0 Å². The molecule has 1 rings (SSSR count). The maximum atomic E-state index is 11.7. The minimum atomic E-state index is -0.623. The van der Waals surface area contributed by atoms with Crippen LogP contribution in [0.3, 0.4) is 0 Å². The summed E-state index contributed by atoms with van der Waals surface area (Å²) in [5, 5.41) is 17.4. The van der Waals surface area contributed by atoms with E-state index in [1.807, 2.05) is 0 Å². The maximum Gasteiger partial charge on any atom is 0.230 e. The third-order valence-corrected chi connectivity index (χ3v) is 2.24. The Morgan fingerprint density at radius 3 is 3.06 bits per heavy atom. The van der Waals surface area contributed by atoms with E-state index >= 15 is 0 Å². The fraction of sp³-hybridized carbons (Fsp3) is 0.556. The van der Waals surface area contributed by atoms with Crippen molar-refractivity contribution in [1.29, 1.82) is 0 Å². The Morgan fingerprint density at radius 2 is 2.53 bits per heavy atom. The van der Waals surface area contributed by atoms with Gasteiger partial charge in [0.05, 0.1) is 5.92 Å². The molecule has 1 heterocycles. The number of hydrogen-bond acceptors (Lipinski definition) is 6. The van der Waals surface area contributed by atoms with Crippen LogP contribution >= 0.6 is 0 Å². The first-order chi connectivity index (χ1) is 8.19. The predicted octanol–water partition coefficient (Wildman–Crippen LogP) is -0.499. The molecule has 1 unspecified atom stereocenters. The van der Waals surface area contributed by atoms with Crippen LogP contribution in [0.1, 0.15) is 19.2 Å². The molecule has 4 N–H and O–H groups in total. The lowest BCUT2D eigenvalue weighted by Crippen LogP contribution is -2.39. The molecule has 0 saturated carbocycles. The number of amides is 1. The third kappa shape index (κ3) is 3.74. The Hall–Kier alpha value is -2.12. The van der Waals surface area contributed by atoms with Gasteiger partial charge in [0.25, 0.3) is 0 Å². The highest BCUT2D eigenvalue weighted by Gasteiger charge is 2.20. The van der Waals surface area contributed by atoms with Crippen molar-refractivity contribution in [3.63, 3.8) is 0 Å². The number of nitrogens with one attached hydrogen (secondary N) is 1. The molecule has 0 saturated heterocycles. The Morgan fingerprint density at radius 1 is 1.76 bits per heavy atom. The van der Waals surface area contributed by atoms with Crippen LogP contribution in [0.25, 0.3) is 0 Å². The molecule has 8 heteroatoms. The molecule has 94 valence electrons. The van der Waals surface area contributed by atoms with Crippen LogP contribution in [0.5, 0.6) is 0 Å². The van der Waals surface area contributed by atoms with Crippen LogP contribution in [-0.4, -0.2) is 33.6 Å². The summed E-state index contributed by atoms with van der Waals surface area (Å²) in [5.41, 5.74) is 5.39. The number of hydrogen-bond donors (Lipinski definition) is 3. The Kier molecular flexibility index (Phi) is 4.92. The van der Waals surface area contributed by atoms with Gasteiger partial charge < -0.3 is 20.8 Å². The van der Waals surface area contributed by atoms with Crippen LogP contribution in [0.2, 0.25) is 0 Å². The van der Waals surface area contributed by atoms with Crippen LogP contribution < -0.4 is 11.1 Å². The molecule has 0 aliphatic heterocycles. The number of carbonyl (C=O) groups excluding carboxylic acids is 1. The second kappa shape index (κ2) is 6.46. The smallest absolute Gasteiger partial charge is 0.230 e. The van der Waals surface area contributed by atoms with Gasteiger partial charge in [-0.3, -0.25) is 4.79 Å². The first-order valence-corrected chi connectivity index (χ1v) is 5.19. The van der Waals surface area contributed by atoms with E-state index in [1.165, 1.54) is 6.33 Å². The van der Waals surface area contributed by atoms with Crippen molar-refractivity contribution in [2.24, 2.45) is 16.8 Å². The SMILES string of the molecule is CCC(C(=O)NCCc1ncno1)C(N)=NO. The Bertz CT molecular complexity index is 376. The van der Waals surface area contributed by atoms with Gasteiger partial charge in [-0.2, -0.15) is 4.98 Å². The lowest BCUT2D eigenvalue weighted by atomic mass is 10.0. The highest BCUT2D eigenvalue weighted by molar-refractivity contribution is 6.01. The molecule has 0 aromatic carbocycles. The van der Waals surface area contributed by atoms with E-state index in [0.29, 0.717) is 25.3 Å². The molecule has 0 aliphatic rings. The van der Waals surface area contributed by atoms with E-state index in [1.54, 1.807) is 6.92 Å². The second-order valence-electron chi connectivity index (χ2n) is 3.36. The van der Waals surface area contributed by atoms with E-state index in [-0.39, 0.29) is 11.7 Å². The quantitative estimate of drug-likeness (QED) is 0.267. The Labute approximate surface area is 97.9 Å². The zero-order valence-electron chi connectivity index (χ0n) is 9.46. The molecule has 8 nitrogen and oxygen atoms in total. The summed E-state index contributed by atoms with van der Waals surface area (Å²) < 4.78 is 4.77. The largest absolute Gasteiger partial charge is 0.409 e. The molecule has 1 aromatic rings. The summed E-state index contributed by atoms with van der Waals surface area (Å²) in [7, 11) is 0. The summed E-state index contributed by atoms with van der Waals surface area (Å²) in [5.74, 6) is -0.560. The van der Waals surface area contributed by atoms with Crippen LogP contribution in [0.4, 0.5) is 0 Å². The lowest BCUT2D eigenvalue weighted by molar-refractivity contribution is -0.123. The molecule has 1 atom stereocenters. The molecular weight excluding hydrogens is 226 g/mol. The fourth-order valence-electron chi connectivity index (χ4n) is 1.32. The zero-order chi connectivity index (χ0) is 12.7. The topological polar surface area (TPSA) is 127 Å². The van der Waals surface area contributed by atoms with Gasteiger partial charge in [0.2, 0.25) is 11.8 Å². The molecule has 17 heavy (non-hydrogen) atoms. The highest BCUT2D eigenvalue weighted by atomic mass is 16.5. The van der Waals surface area contributed by atoms with E-state index in [2.05, 4.69) is 20.6 Å². The molecule has 1 amide bonds. The fourth-order valence-corrected chi connectivity index (χ4v) is 1.32. The normalized spacial score (nSPS) is 13.4. The van der Waals surface area contributed by atoms with Gasteiger partial charge in [-0.25, -0.2) is 0 Å². The van der Waals surface area contributed by atoms with E-state index < -0.39 is 5.92 Å². The van der Waals surface area contributed by atoms with Gasteiger partial charge >= 0.3 is 0 Å². The van der Waals surface area contributed by atoms with Gasteiger partial charge in [0.15, 0.2) is 12.2 Å². The first-order valence-electron chi connectivity index (χ1n) is 5.19. The van der Waals surface area contributed by atoms with Crippen LogP contribution in [0, 0.1) is 5.92 Å². The average molecular weight is 241 g/mol. The van der Waals surface area contributed by atoms with Crippen LogP contribution in [-0.2, 0) is 11.2 Å². The lowest BCUT2D eigenvalue weighted by Gasteiger charge is -2.12. The van der Waals surface area contributed by atoms with Crippen molar-refractivity contribution < 1.29 is 14.5 Å². The van der Waals surface area contributed by atoms with Crippen molar-refractivity contribution in [3.05, 3.63) is 12.2 Å². The van der Waals surface area contributed by atoms with Gasteiger partial charge in [-0.15, -0.1) is 0 Å². The standard InChI is InChI=1S/C9H15N5O3/c1-2-6(8(10)14-16)9(15)11-4-3-7-12-5-13-17-7/h5-6,16H,2-4H2,1H3,(H2,10,14)(H,11,15). The summed E-state index contributed by atoms with van der Waals surface area (Å²) >= 11 is 0. The third-order valence-electron chi connectivity index (χ3n) is 2.24. The summed E-state index contributed by atoms with van der Waals surface area (Å²) in [6.45, 7) is 2.14. The monoisotopic (exact) mass is 241 g/mol. The molecular formula is C9H15N5O3. The Balaban J connectivity index is 2.38. The summed E-state index contributed by atoms with van der Waals surface area (Å²) in [6, 6.07) is 0. The number of rotatable bonds is 6. The highest BCUT2D eigenvalue weighted by Crippen LogP contribution is 2.02. The average Bonchev–Trinajstić information content (AvgIpc) is 2.82. The van der Waals surface area contributed by atoms with Gasteiger partial charge in [0, 0.05) is 13.0 Å². The number of nitrogens with zero attached hydrogens (tertiary/aromatic N) is 3. The molecule has 1 aromatic heterocycles.